The van der Waals surface area contributed by atoms with Crippen molar-refractivity contribution < 1.29 is 13.6 Å². The summed E-state index contributed by atoms with van der Waals surface area (Å²) in [7, 11) is 0. The molecule has 2 aromatic rings. The maximum Gasteiger partial charge on any atom is 0.291 e. The molecule has 0 bridgehead atoms. The van der Waals surface area contributed by atoms with E-state index in [0.29, 0.717) is 43.5 Å². The van der Waals surface area contributed by atoms with E-state index in [2.05, 4.69) is 15.3 Å². The molecule has 0 spiro atoms. The highest BCUT2D eigenvalue weighted by atomic mass is 19.3. The van der Waals surface area contributed by atoms with E-state index in [1.54, 1.807) is 36.4 Å². The molecule has 7 nitrogen and oxygen atoms in total. The van der Waals surface area contributed by atoms with Crippen molar-refractivity contribution in [2.75, 3.05) is 36.4 Å². The second kappa shape index (κ2) is 9.80. The Morgan fingerprint density at radius 1 is 1.16 bits per heavy atom. The summed E-state index contributed by atoms with van der Waals surface area (Å²) in [5, 5.41) is 11.7. The van der Waals surface area contributed by atoms with Gasteiger partial charge in [0, 0.05) is 62.0 Å². The number of nitriles is 1. The Kier molecular flexibility index (Phi) is 6.92. The number of carbonyl (C=O) groups is 1. The molecule has 0 saturated carbocycles. The van der Waals surface area contributed by atoms with Gasteiger partial charge in [-0.3, -0.25) is 4.79 Å². The topological polar surface area (TPSA) is 85.2 Å². The van der Waals surface area contributed by atoms with E-state index in [0.717, 1.165) is 6.08 Å². The fourth-order valence-electron chi connectivity index (χ4n) is 3.22. The van der Waals surface area contributed by atoms with Gasteiger partial charge < -0.3 is 15.1 Å². The minimum absolute atomic E-state index is 0.0956. The van der Waals surface area contributed by atoms with Gasteiger partial charge >= 0.3 is 0 Å². The molecule has 2 heterocycles. The van der Waals surface area contributed by atoms with Gasteiger partial charge in [0.05, 0.1) is 6.07 Å². The maximum atomic E-state index is 14.0. The zero-order valence-electron chi connectivity index (χ0n) is 17.0. The average molecular weight is 424 g/mol. The summed E-state index contributed by atoms with van der Waals surface area (Å²) in [6, 6.07) is 7.70. The molecule has 1 aliphatic rings. The van der Waals surface area contributed by atoms with Crippen LogP contribution in [0, 0.1) is 11.3 Å². The van der Waals surface area contributed by atoms with Crippen molar-refractivity contribution in [3.63, 3.8) is 0 Å². The average Bonchev–Trinajstić information content (AvgIpc) is 2.78. The number of allylic oxidation sites excluding steroid dienone is 3. The van der Waals surface area contributed by atoms with E-state index in [4.69, 9.17) is 5.26 Å². The van der Waals surface area contributed by atoms with Crippen LogP contribution in [0.3, 0.4) is 0 Å². The number of hydrogen-bond acceptors (Lipinski definition) is 6. The smallest absolute Gasteiger partial charge is 0.291 e. The number of alkyl halides is 2. The first-order valence-electron chi connectivity index (χ1n) is 9.75. The van der Waals surface area contributed by atoms with Gasteiger partial charge in [0.25, 0.3) is 5.92 Å². The Bertz CT molecular complexity index is 1010. The summed E-state index contributed by atoms with van der Waals surface area (Å²) in [4.78, 5) is 24.4. The van der Waals surface area contributed by atoms with Gasteiger partial charge in [-0.25, -0.2) is 9.97 Å². The molecule has 3 rings (SSSR count). The van der Waals surface area contributed by atoms with E-state index in [9.17, 15) is 13.6 Å². The second-order valence-electron chi connectivity index (χ2n) is 6.83. The molecule has 1 aromatic heterocycles. The highest BCUT2D eigenvalue weighted by Crippen LogP contribution is 2.31. The third kappa shape index (κ3) is 5.42. The lowest BCUT2D eigenvalue weighted by molar-refractivity contribution is -0.126. The lowest BCUT2D eigenvalue weighted by Crippen LogP contribution is -2.48. The SMILES string of the molecule is C/C=C/C(F)(F)c1ccc(Nc2nccnc2N2CCN(C(=O)/C=C/C#N)CC2)cc1. The number of hydrogen-bond donors (Lipinski definition) is 1. The van der Waals surface area contributed by atoms with Crippen LogP contribution in [0.5, 0.6) is 0 Å². The van der Waals surface area contributed by atoms with E-state index in [-0.39, 0.29) is 11.5 Å². The number of nitrogens with zero attached hydrogens (tertiary/aromatic N) is 5. The van der Waals surface area contributed by atoms with Gasteiger partial charge in [0.15, 0.2) is 11.6 Å². The number of nitrogens with one attached hydrogen (secondary N) is 1. The first kappa shape index (κ1) is 21.9. The molecule has 31 heavy (non-hydrogen) atoms. The van der Waals surface area contributed by atoms with E-state index < -0.39 is 5.92 Å². The zero-order valence-corrected chi connectivity index (χ0v) is 17.0. The van der Waals surface area contributed by atoms with Crippen molar-refractivity contribution in [2.24, 2.45) is 0 Å². The normalized spacial score (nSPS) is 14.8. The number of rotatable bonds is 6. The van der Waals surface area contributed by atoms with E-state index in [1.807, 2.05) is 11.0 Å². The summed E-state index contributed by atoms with van der Waals surface area (Å²) in [6.07, 6.45) is 7.73. The largest absolute Gasteiger partial charge is 0.350 e. The third-order valence-corrected chi connectivity index (χ3v) is 4.78. The summed E-state index contributed by atoms with van der Waals surface area (Å²) >= 11 is 0. The number of piperazine rings is 1. The fraction of sp³-hybridized carbons (Fsp3) is 0.273. The number of benzene rings is 1. The molecular formula is C22H22F2N6O. The number of amides is 1. The van der Waals surface area contributed by atoms with Crippen LogP contribution in [0.1, 0.15) is 12.5 Å². The Morgan fingerprint density at radius 2 is 1.84 bits per heavy atom. The Hall–Kier alpha value is -3.80. The Labute approximate surface area is 179 Å². The maximum absolute atomic E-state index is 14.0. The molecule has 1 N–H and O–H groups in total. The lowest BCUT2D eigenvalue weighted by Gasteiger charge is -2.35. The molecule has 0 unspecified atom stereocenters. The van der Waals surface area contributed by atoms with Crippen LogP contribution in [0.2, 0.25) is 0 Å². The van der Waals surface area contributed by atoms with Crippen LogP contribution in [-0.4, -0.2) is 47.0 Å². The molecule has 160 valence electrons. The third-order valence-electron chi connectivity index (χ3n) is 4.78. The fourth-order valence-corrected chi connectivity index (χ4v) is 3.22. The summed E-state index contributed by atoms with van der Waals surface area (Å²) in [5.41, 5.74) is 0.513. The summed E-state index contributed by atoms with van der Waals surface area (Å²) in [5.74, 6) is -2.11. The molecule has 1 amide bonds. The standard InChI is InChI=1S/C22H22F2N6O/c1-2-9-22(23,24)17-5-7-18(8-6-17)28-20-21(27-12-11-26-20)30-15-13-29(14-16-30)19(31)4-3-10-25/h2-9,11-12H,13-16H2,1H3,(H,26,28)/b4-3+,9-2+. The van der Waals surface area contributed by atoms with Gasteiger partial charge in [0.1, 0.15) is 0 Å². The molecule has 0 atom stereocenters. The van der Waals surface area contributed by atoms with Crippen LogP contribution >= 0.6 is 0 Å². The number of aromatic nitrogens is 2. The van der Waals surface area contributed by atoms with Crippen molar-refractivity contribution in [1.29, 1.82) is 5.26 Å². The van der Waals surface area contributed by atoms with Gasteiger partial charge in [-0.2, -0.15) is 14.0 Å². The predicted molar refractivity (Wildman–Crippen MR) is 114 cm³/mol. The quantitative estimate of drug-likeness (QED) is 0.433. The molecule has 0 radical (unpaired) electrons. The van der Waals surface area contributed by atoms with E-state index in [1.165, 1.54) is 30.4 Å². The van der Waals surface area contributed by atoms with Crippen LogP contribution in [0.4, 0.5) is 26.1 Å². The minimum atomic E-state index is -3.02. The van der Waals surface area contributed by atoms with Crippen molar-refractivity contribution in [3.05, 3.63) is 66.5 Å². The minimum Gasteiger partial charge on any atom is -0.350 e. The molecule has 1 fully saturated rings. The molecule has 1 aliphatic heterocycles. The van der Waals surface area contributed by atoms with Crippen LogP contribution in [0.25, 0.3) is 0 Å². The zero-order chi connectivity index (χ0) is 22.3. The molecule has 9 heteroatoms. The first-order valence-corrected chi connectivity index (χ1v) is 9.75. The summed E-state index contributed by atoms with van der Waals surface area (Å²) in [6.45, 7) is 3.62. The highest BCUT2D eigenvalue weighted by molar-refractivity contribution is 5.88. The van der Waals surface area contributed by atoms with Gasteiger partial charge in [-0.05, 0) is 25.1 Å². The lowest BCUT2D eigenvalue weighted by atomic mass is 10.1. The number of anilines is 3. The van der Waals surface area contributed by atoms with Crippen LogP contribution in [0.15, 0.2) is 61.0 Å². The molecule has 1 aromatic carbocycles. The highest BCUT2D eigenvalue weighted by Gasteiger charge is 2.27. The van der Waals surface area contributed by atoms with Gasteiger partial charge in [-0.1, -0.05) is 18.2 Å². The van der Waals surface area contributed by atoms with Crippen molar-refractivity contribution >= 4 is 23.2 Å². The van der Waals surface area contributed by atoms with Crippen molar-refractivity contribution in [1.82, 2.24) is 14.9 Å². The number of halogens is 2. The first-order chi connectivity index (χ1) is 14.9. The second-order valence-corrected chi connectivity index (χ2v) is 6.83. The van der Waals surface area contributed by atoms with E-state index >= 15 is 0 Å². The van der Waals surface area contributed by atoms with Crippen LogP contribution in [-0.2, 0) is 10.7 Å². The van der Waals surface area contributed by atoms with Crippen molar-refractivity contribution in [2.45, 2.75) is 12.8 Å². The Morgan fingerprint density at radius 3 is 2.48 bits per heavy atom. The van der Waals surface area contributed by atoms with Crippen LogP contribution < -0.4 is 10.2 Å². The summed E-state index contributed by atoms with van der Waals surface area (Å²) < 4.78 is 28.0. The number of carbonyl (C=O) groups excluding carboxylic acids is 1. The Balaban J connectivity index is 1.70. The van der Waals surface area contributed by atoms with Crippen molar-refractivity contribution in [3.8, 4) is 6.07 Å². The predicted octanol–water partition coefficient (Wildman–Crippen LogP) is 3.62. The monoisotopic (exact) mass is 424 g/mol. The van der Waals surface area contributed by atoms with Gasteiger partial charge in [-0.15, -0.1) is 0 Å². The molecule has 0 aliphatic carbocycles. The molecule has 1 saturated heterocycles. The van der Waals surface area contributed by atoms with Gasteiger partial charge in [0.2, 0.25) is 5.91 Å². The molecular weight excluding hydrogens is 402 g/mol.